The van der Waals surface area contributed by atoms with Crippen molar-refractivity contribution >= 4 is 22.7 Å². The summed E-state index contributed by atoms with van der Waals surface area (Å²) in [5.74, 6) is 0.0708. The molecule has 1 fully saturated rings. The first-order chi connectivity index (χ1) is 13.0. The van der Waals surface area contributed by atoms with Gasteiger partial charge in [-0.3, -0.25) is 9.59 Å². The number of nitrogens with zero attached hydrogens (tertiary/aromatic N) is 3. The number of aryl methyl sites for hydroxylation is 2. The van der Waals surface area contributed by atoms with Gasteiger partial charge in [0.2, 0.25) is 0 Å². The molecule has 1 saturated heterocycles. The molecule has 0 N–H and O–H groups in total. The fourth-order valence-electron chi connectivity index (χ4n) is 3.67. The SMILES string of the molecule is Cc1ccc(C(=O)N2CCN(C(=O)c3cn(C)c4ccccc34)CC2)cc1. The fourth-order valence-corrected chi connectivity index (χ4v) is 3.67. The standard InChI is InChI=1S/C22H23N3O2/c1-16-7-9-17(10-8-16)21(26)24-11-13-25(14-12-24)22(27)19-15-23(2)20-6-4-3-5-18(19)20/h3-10,15H,11-14H2,1-2H3. The van der Waals surface area contributed by atoms with E-state index in [-0.39, 0.29) is 11.8 Å². The third-order valence-electron chi connectivity index (χ3n) is 5.28. The maximum absolute atomic E-state index is 13.0. The van der Waals surface area contributed by atoms with Gasteiger partial charge in [-0.1, -0.05) is 35.9 Å². The Balaban J connectivity index is 1.46. The molecule has 2 aromatic carbocycles. The van der Waals surface area contributed by atoms with Crippen LogP contribution in [-0.2, 0) is 7.05 Å². The number of hydrogen-bond acceptors (Lipinski definition) is 2. The molecule has 0 radical (unpaired) electrons. The van der Waals surface area contributed by atoms with E-state index < -0.39 is 0 Å². The van der Waals surface area contributed by atoms with Crippen molar-refractivity contribution in [3.8, 4) is 0 Å². The van der Waals surface area contributed by atoms with Crippen molar-refractivity contribution in [2.45, 2.75) is 6.92 Å². The number of rotatable bonds is 2. The lowest BCUT2D eigenvalue weighted by Gasteiger charge is -2.34. The average molecular weight is 361 g/mol. The smallest absolute Gasteiger partial charge is 0.256 e. The zero-order valence-corrected chi connectivity index (χ0v) is 15.7. The van der Waals surface area contributed by atoms with E-state index in [1.54, 1.807) is 0 Å². The predicted octanol–water partition coefficient (Wildman–Crippen LogP) is 3.08. The highest BCUT2D eigenvalue weighted by Crippen LogP contribution is 2.22. The van der Waals surface area contributed by atoms with Crippen LogP contribution in [0, 0.1) is 6.92 Å². The van der Waals surface area contributed by atoms with E-state index in [0.29, 0.717) is 31.7 Å². The molecule has 0 bridgehead atoms. The molecule has 138 valence electrons. The molecule has 3 aromatic rings. The van der Waals surface area contributed by atoms with Crippen molar-refractivity contribution in [3.05, 3.63) is 71.4 Å². The quantitative estimate of drug-likeness (QED) is 0.704. The van der Waals surface area contributed by atoms with Crippen LogP contribution in [0.25, 0.3) is 10.9 Å². The molecule has 0 spiro atoms. The largest absolute Gasteiger partial charge is 0.350 e. The Morgan fingerprint density at radius 3 is 2.07 bits per heavy atom. The van der Waals surface area contributed by atoms with Gasteiger partial charge in [-0.25, -0.2) is 0 Å². The number of fused-ring (bicyclic) bond motifs is 1. The molecule has 1 aromatic heterocycles. The number of hydrogen-bond donors (Lipinski definition) is 0. The summed E-state index contributed by atoms with van der Waals surface area (Å²) in [4.78, 5) is 29.4. The summed E-state index contributed by atoms with van der Waals surface area (Å²) in [6, 6.07) is 15.6. The van der Waals surface area contributed by atoms with Gasteiger partial charge in [0.15, 0.2) is 0 Å². The highest BCUT2D eigenvalue weighted by molar-refractivity contribution is 6.07. The van der Waals surface area contributed by atoms with Crippen LogP contribution in [0.5, 0.6) is 0 Å². The summed E-state index contributed by atoms with van der Waals surface area (Å²) < 4.78 is 1.99. The lowest BCUT2D eigenvalue weighted by molar-refractivity contribution is 0.0536. The molecule has 2 amide bonds. The second-order valence-electron chi connectivity index (χ2n) is 7.12. The number of carbonyl (C=O) groups is 2. The van der Waals surface area contributed by atoms with Gasteiger partial charge in [0, 0.05) is 55.9 Å². The van der Waals surface area contributed by atoms with Gasteiger partial charge in [-0.05, 0) is 25.1 Å². The summed E-state index contributed by atoms with van der Waals surface area (Å²) in [6.45, 7) is 4.23. The topological polar surface area (TPSA) is 45.6 Å². The molecule has 0 atom stereocenters. The molecular formula is C22H23N3O2. The third kappa shape index (κ3) is 3.21. The molecule has 27 heavy (non-hydrogen) atoms. The molecule has 0 aliphatic carbocycles. The second-order valence-corrected chi connectivity index (χ2v) is 7.12. The van der Waals surface area contributed by atoms with Crippen molar-refractivity contribution in [1.82, 2.24) is 14.4 Å². The lowest BCUT2D eigenvalue weighted by atomic mass is 10.1. The molecule has 5 heteroatoms. The molecule has 4 rings (SSSR count). The summed E-state index contributed by atoms with van der Waals surface area (Å²) in [7, 11) is 1.96. The van der Waals surface area contributed by atoms with Gasteiger partial charge in [0.05, 0.1) is 5.56 Å². The van der Waals surface area contributed by atoms with Gasteiger partial charge in [-0.15, -0.1) is 0 Å². The van der Waals surface area contributed by atoms with Gasteiger partial charge in [0.25, 0.3) is 11.8 Å². The number of benzene rings is 2. The minimum absolute atomic E-state index is 0.0345. The van der Waals surface area contributed by atoms with Crippen LogP contribution in [0.15, 0.2) is 54.7 Å². The van der Waals surface area contributed by atoms with Crippen LogP contribution in [0.3, 0.4) is 0 Å². The maximum Gasteiger partial charge on any atom is 0.256 e. The molecule has 2 heterocycles. The van der Waals surface area contributed by atoms with E-state index in [9.17, 15) is 9.59 Å². The lowest BCUT2D eigenvalue weighted by Crippen LogP contribution is -2.50. The Morgan fingerprint density at radius 1 is 0.815 bits per heavy atom. The number of piperazine rings is 1. The van der Waals surface area contributed by atoms with E-state index in [4.69, 9.17) is 0 Å². The van der Waals surface area contributed by atoms with Crippen LogP contribution < -0.4 is 0 Å². The normalized spacial score (nSPS) is 14.6. The van der Waals surface area contributed by atoms with Crippen LogP contribution >= 0.6 is 0 Å². The maximum atomic E-state index is 13.0. The predicted molar refractivity (Wildman–Crippen MR) is 106 cm³/mol. The van der Waals surface area contributed by atoms with Crippen LogP contribution in [0.2, 0.25) is 0 Å². The molecule has 5 nitrogen and oxygen atoms in total. The number of amides is 2. The summed E-state index contributed by atoms with van der Waals surface area (Å²) in [5, 5.41) is 0.975. The van der Waals surface area contributed by atoms with E-state index in [0.717, 1.165) is 22.0 Å². The Bertz CT molecular complexity index is 996. The second kappa shape index (κ2) is 6.91. The molecule has 1 aliphatic heterocycles. The van der Waals surface area contributed by atoms with E-state index in [1.807, 2.05) is 83.1 Å². The van der Waals surface area contributed by atoms with Gasteiger partial charge < -0.3 is 14.4 Å². The first kappa shape index (κ1) is 17.3. The van der Waals surface area contributed by atoms with E-state index in [1.165, 1.54) is 0 Å². The van der Waals surface area contributed by atoms with E-state index in [2.05, 4.69) is 0 Å². The first-order valence-electron chi connectivity index (χ1n) is 9.24. The highest BCUT2D eigenvalue weighted by Gasteiger charge is 2.27. The van der Waals surface area contributed by atoms with Crippen molar-refractivity contribution in [2.75, 3.05) is 26.2 Å². The van der Waals surface area contributed by atoms with Gasteiger partial charge in [0.1, 0.15) is 0 Å². The zero-order chi connectivity index (χ0) is 19.0. The minimum Gasteiger partial charge on any atom is -0.350 e. The summed E-state index contributed by atoms with van der Waals surface area (Å²) in [6.07, 6.45) is 1.90. The van der Waals surface area contributed by atoms with Crippen molar-refractivity contribution in [1.29, 1.82) is 0 Å². The van der Waals surface area contributed by atoms with Crippen molar-refractivity contribution in [3.63, 3.8) is 0 Å². The summed E-state index contributed by atoms with van der Waals surface area (Å²) in [5.41, 5.74) is 3.62. The summed E-state index contributed by atoms with van der Waals surface area (Å²) >= 11 is 0. The van der Waals surface area contributed by atoms with Crippen LogP contribution in [0.1, 0.15) is 26.3 Å². The average Bonchev–Trinajstić information content (AvgIpc) is 3.05. The van der Waals surface area contributed by atoms with Crippen molar-refractivity contribution < 1.29 is 9.59 Å². The van der Waals surface area contributed by atoms with Crippen LogP contribution in [0.4, 0.5) is 0 Å². The molecule has 0 saturated carbocycles. The molecule has 0 unspecified atom stereocenters. The van der Waals surface area contributed by atoms with Gasteiger partial charge in [-0.2, -0.15) is 0 Å². The number of para-hydroxylation sites is 1. The van der Waals surface area contributed by atoms with Crippen molar-refractivity contribution in [2.24, 2.45) is 7.05 Å². The Labute approximate surface area is 158 Å². The Morgan fingerprint density at radius 2 is 1.41 bits per heavy atom. The Hall–Kier alpha value is -3.08. The molecular weight excluding hydrogens is 338 g/mol. The monoisotopic (exact) mass is 361 g/mol. The third-order valence-corrected chi connectivity index (χ3v) is 5.28. The Kier molecular flexibility index (Phi) is 4.44. The fraction of sp³-hybridized carbons (Fsp3) is 0.273. The number of aromatic nitrogens is 1. The van der Waals surface area contributed by atoms with Gasteiger partial charge >= 0.3 is 0 Å². The minimum atomic E-state index is 0.0345. The number of carbonyl (C=O) groups excluding carboxylic acids is 2. The highest BCUT2D eigenvalue weighted by atomic mass is 16.2. The van der Waals surface area contributed by atoms with Crippen LogP contribution in [-0.4, -0.2) is 52.4 Å². The zero-order valence-electron chi connectivity index (χ0n) is 15.7. The first-order valence-corrected chi connectivity index (χ1v) is 9.24. The molecule has 1 aliphatic rings. The van der Waals surface area contributed by atoms with E-state index >= 15 is 0 Å².